The molecule has 3 aliphatic carbocycles. The summed E-state index contributed by atoms with van der Waals surface area (Å²) in [5, 5.41) is 3.01. The standard InChI is InChI=1S/C22H24F7NO/c23-20(21(24,25)26,22(27,28)29)14-5-7-15-13(10-14)4-6-17-16(15)8-9-18(17)19(31)30-11-12-2-1-3-12/h5,7,10,12,16-18H,1-4,6,8-9,11H2,(H,30,31)/t16?,17?,18-/m1/s1. The van der Waals surface area contributed by atoms with Crippen molar-refractivity contribution < 1.29 is 35.5 Å². The van der Waals surface area contributed by atoms with Crippen LogP contribution in [0.4, 0.5) is 30.7 Å². The van der Waals surface area contributed by atoms with Crippen LogP contribution in [0.3, 0.4) is 0 Å². The minimum Gasteiger partial charge on any atom is -0.356 e. The minimum absolute atomic E-state index is 0.0000986. The number of aryl methyl sites for hydroxylation is 1. The third-order valence-corrected chi connectivity index (χ3v) is 7.42. The van der Waals surface area contributed by atoms with Crippen LogP contribution in [0, 0.1) is 17.8 Å². The Hall–Kier alpha value is -1.80. The zero-order valence-corrected chi connectivity index (χ0v) is 16.8. The first-order valence-corrected chi connectivity index (χ1v) is 10.7. The van der Waals surface area contributed by atoms with Crippen molar-refractivity contribution in [2.24, 2.45) is 17.8 Å². The second-order valence-corrected chi connectivity index (χ2v) is 9.10. The van der Waals surface area contributed by atoms with E-state index in [1.54, 1.807) is 0 Å². The average Bonchev–Trinajstić information content (AvgIpc) is 3.08. The highest BCUT2D eigenvalue weighted by molar-refractivity contribution is 5.79. The highest BCUT2D eigenvalue weighted by Gasteiger charge is 2.73. The van der Waals surface area contributed by atoms with Crippen LogP contribution in [0.25, 0.3) is 0 Å². The SMILES string of the molecule is O=C(NCC1CCC1)[C@@H]1CCC2c3ccc(C(F)(C(F)(F)F)C(F)(F)F)cc3CCC21. The molecule has 0 bridgehead atoms. The third kappa shape index (κ3) is 3.71. The van der Waals surface area contributed by atoms with Crippen LogP contribution < -0.4 is 5.32 Å². The first-order chi connectivity index (χ1) is 14.4. The van der Waals surface area contributed by atoms with Crippen molar-refractivity contribution in [3.8, 4) is 0 Å². The average molecular weight is 451 g/mol. The zero-order valence-electron chi connectivity index (χ0n) is 16.8. The van der Waals surface area contributed by atoms with E-state index in [1.165, 1.54) is 12.5 Å². The van der Waals surface area contributed by atoms with E-state index in [9.17, 15) is 35.5 Å². The zero-order chi connectivity index (χ0) is 22.6. The maximum absolute atomic E-state index is 14.4. The smallest absolute Gasteiger partial charge is 0.356 e. The Balaban J connectivity index is 1.55. The summed E-state index contributed by atoms with van der Waals surface area (Å²) >= 11 is 0. The van der Waals surface area contributed by atoms with Gasteiger partial charge in [0.2, 0.25) is 5.91 Å². The number of benzene rings is 1. The third-order valence-electron chi connectivity index (χ3n) is 7.42. The predicted octanol–water partition coefficient (Wildman–Crippen LogP) is 5.95. The van der Waals surface area contributed by atoms with Gasteiger partial charge in [0.15, 0.2) is 0 Å². The number of alkyl halides is 7. The lowest BCUT2D eigenvalue weighted by Crippen LogP contribution is -2.50. The quantitative estimate of drug-likeness (QED) is 0.564. The molecule has 4 rings (SSSR count). The van der Waals surface area contributed by atoms with Gasteiger partial charge in [0.05, 0.1) is 0 Å². The molecule has 0 aromatic heterocycles. The minimum atomic E-state index is -6.12. The summed E-state index contributed by atoms with van der Waals surface area (Å²) in [6, 6.07) is 2.52. The molecular weight excluding hydrogens is 427 g/mol. The van der Waals surface area contributed by atoms with Gasteiger partial charge in [0, 0.05) is 18.0 Å². The predicted molar refractivity (Wildman–Crippen MR) is 99.0 cm³/mol. The number of hydrogen-bond acceptors (Lipinski definition) is 1. The summed E-state index contributed by atoms with van der Waals surface area (Å²) in [7, 11) is 0. The molecule has 1 amide bonds. The van der Waals surface area contributed by atoms with Gasteiger partial charge < -0.3 is 5.32 Å². The Labute approximate surface area is 175 Å². The van der Waals surface area contributed by atoms with Crippen molar-refractivity contribution in [3.05, 3.63) is 34.9 Å². The van der Waals surface area contributed by atoms with Crippen molar-refractivity contribution in [2.45, 2.75) is 68.9 Å². The highest BCUT2D eigenvalue weighted by Crippen LogP contribution is 2.55. The van der Waals surface area contributed by atoms with Gasteiger partial charge in [-0.1, -0.05) is 24.6 Å². The van der Waals surface area contributed by atoms with Gasteiger partial charge in [-0.3, -0.25) is 4.79 Å². The van der Waals surface area contributed by atoms with E-state index >= 15 is 0 Å². The number of fused-ring (bicyclic) bond motifs is 3. The molecular formula is C22H24F7NO. The molecule has 3 aliphatic rings. The van der Waals surface area contributed by atoms with Crippen molar-refractivity contribution in [1.82, 2.24) is 5.32 Å². The molecule has 3 atom stereocenters. The van der Waals surface area contributed by atoms with Crippen LogP contribution >= 0.6 is 0 Å². The van der Waals surface area contributed by atoms with Crippen LogP contribution in [-0.2, 0) is 16.9 Å². The lowest BCUT2D eigenvalue weighted by molar-refractivity contribution is -0.348. The van der Waals surface area contributed by atoms with E-state index in [-0.39, 0.29) is 30.1 Å². The lowest BCUT2D eigenvalue weighted by Gasteiger charge is -2.34. The van der Waals surface area contributed by atoms with Gasteiger partial charge in [0.25, 0.3) is 0 Å². The first-order valence-electron chi connectivity index (χ1n) is 10.7. The summed E-state index contributed by atoms with van der Waals surface area (Å²) in [5.41, 5.74) is -5.89. The Kier molecular flexibility index (Phi) is 5.53. The first kappa shape index (κ1) is 22.4. The molecule has 0 spiro atoms. The summed E-state index contributed by atoms with van der Waals surface area (Å²) in [6.07, 6.45) is -6.86. The number of hydrogen-bond donors (Lipinski definition) is 1. The number of nitrogens with one attached hydrogen (secondary N) is 1. The van der Waals surface area contributed by atoms with Gasteiger partial charge in [0.1, 0.15) is 0 Å². The van der Waals surface area contributed by atoms with Crippen LogP contribution in [0.2, 0.25) is 0 Å². The van der Waals surface area contributed by atoms with E-state index < -0.39 is 23.6 Å². The Bertz CT molecular complexity index is 829. The molecule has 1 aromatic rings. The number of amides is 1. The lowest BCUT2D eigenvalue weighted by atomic mass is 9.73. The Morgan fingerprint density at radius 3 is 2.19 bits per heavy atom. The van der Waals surface area contributed by atoms with Gasteiger partial charge in [-0.15, -0.1) is 0 Å². The molecule has 0 aliphatic heterocycles. The van der Waals surface area contributed by atoms with E-state index in [0.717, 1.165) is 18.9 Å². The molecule has 2 saturated carbocycles. The largest absolute Gasteiger partial charge is 0.435 e. The maximum atomic E-state index is 14.4. The molecule has 0 saturated heterocycles. The van der Waals surface area contributed by atoms with Crippen molar-refractivity contribution >= 4 is 5.91 Å². The van der Waals surface area contributed by atoms with E-state index in [0.29, 0.717) is 48.9 Å². The molecule has 2 fully saturated rings. The van der Waals surface area contributed by atoms with Crippen LogP contribution in [0.1, 0.15) is 61.1 Å². The number of rotatable bonds is 4. The molecule has 2 unspecified atom stereocenters. The summed E-state index contributed by atoms with van der Waals surface area (Å²) < 4.78 is 93.0. The maximum Gasteiger partial charge on any atom is 0.435 e. The van der Waals surface area contributed by atoms with Crippen LogP contribution in [0.15, 0.2) is 18.2 Å². The number of carbonyl (C=O) groups excluding carboxylic acids is 1. The normalized spacial score (nSPS) is 26.7. The second kappa shape index (κ2) is 7.66. The van der Waals surface area contributed by atoms with Gasteiger partial charge in [-0.2, -0.15) is 26.3 Å². The van der Waals surface area contributed by atoms with Crippen molar-refractivity contribution in [2.75, 3.05) is 6.54 Å². The van der Waals surface area contributed by atoms with Crippen molar-refractivity contribution in [3.63, 3.8) is 0 Å². The van der Waals surface area contributed by atoms with Crippen LogP contribution in [0.5, 0.6) is 0 Å². The fourth-order valence-electron chi connectivity index (χ4n) is 5.46. The molecule has 2 nitrogen and oxygen atoms in total. The molecule has 31 heavy (non-hydrogen) atoms. The second-order valence-electron chi connectivity index (χ2n) is 9.10. The molecule has 172 valence electrons. The van der Waals surface area contributed by atoms with Gasteiger partial charge >= 0.3 is 18.0 Å². The Morgan fingerprint density at radius 1 is 0.935 bits per heavy atom. The summed E-state index contributed by atoms with van der Waals surface area (Å²) in [4.78, 5) is 12.7. The molecule has 9 heteroatoms. The summed E-state index contributed by atoms with van der Waals surface area (Å²) in [5.74, 6) is 0.193. The number of halogens is 7. The topological polar surface area (TPSA) is 29.1 Å². The fraction of sp³-hybridized carbons (Fsp3) is 0.682. The molecule has 1 N–H and O–H groups in total. The van der Waals surface area contributed by atoms with Gasteiger partial charge in [-0.25, -0.2) is 4.39 Å². The van der Waals surface area contributed by atoms with E-state index in [2.05, 4.69) is 5.32 Å². The fourth-order valence-corrected chi connectivity index (χ4v) is 5.46. The molecule has 0 radical (unpaired) electrons. The monoisotopic (exact) mass is 451 g/mol. The molecule has 0 heterocycles. The van der Waals surface area contributed by atoms with Gasteiger partial charge in [-0.05, 0) is 67.4 Å². The molecule has 1 aromatic carbocycles. The van der Waals surface area contributed by atoms with E-state index in [4.69, 9.17) is 0 Å². The highest BCUT2D eigenvalue weighted by atomic mass is 19.4. The Morgan fingerprint density at radius 2 is 1.61 bits per heavy atom. The summed E-state index contributed by atoms with van der Waals surface area (Å²) in [6.45, 7) is 0.653. The van der Waals surface area contributed by atoms with Crippen molar-refractivity contribution in [1.29, 1.82) is 0 Å². The number of carbonyl (C=O) groups is 1. The van der Waals surface area contributed by atoms with Crippen LogP contribution in [-0.4, -0.2) is 24.8 Å². The van der Waals surface area contributed by atoms with E-state index in [1.807, 2.05) is 0 Å².